The topological polar surface area (TPSA) is 84.6 Å². The van der Waals surface area contributed by atoms with E-state index >= 15 is 0 Å². The summed E-state index contributed by atoms with van der Waals surface area (Å²) in [4.78, 5) is 10.5. The monoisotopic (exact) mass is 336 g/mol. The lowest BCUT2D eigenvalue weighted by molar-refractivity contribution is -0.383. The van der Waals surface area contributed by atoms with E-state index in [0.717, 1.165) is 5.56 Å². The molecule has 6 nitrogen and oxygen atoms in total. The Morgan fingerprint density at radius 2 is 2.13 bits per heavy atom. The van der Waals surface area contributed by atoms with E-state index in [4.69, 9.17) is 16.3 Å². The van der Waals surface area contributed by atoms with Crippen LogP contribution in [0.1, 0.15) is 5.56 Å². The van der Waals surface area contributed by atoms with E-state index < -0.39 is 11.0 Å². The van der Waals surface area contributed by atoms with Gasteiger partial charge in [0.15, 0.2) is 0 Å². The fourth-order valence-electron chi connectivity index (χ4n) is 1.99. The second-order valence-corrected chi connectivity index (χ2v) is 5.52. The lowest BCUT2D eigenvalue weighted by atomic mass is 10.2. The third kappa shape index (κ3) is 5.12. The molecule has 0 radical (unpaired) electrons. The molecule has 0 aliphatic carbocycles. The smallest absolute Gasteiger partial charge is 0.293 e. The zero-order valence-electron chi connectivity index (χ0n) is 12.5. The van der Waals surface area contributed by atoms with Gasteiger partial charge in [-0.15, -0.1) is 0 Å². The Kier molecular flexibility index (Phi) is 5.78. The highest BCUT2D eigenvalue weighted by Gasteiger charge is 2.15. The summed E-state index contributed by atoms with van der Waals surface area (Å²) in [5.74, 6) is 0.668. The normalized spacial score (nSPS) is 11.8. The van der Waals surface area contributed by atoms with Crippen molar-refractivity contribution < 1.29 is 14.8 Å². The van der Waals surface area contributed by atoms with Crippen molar-refractivity contribution in [1.82, 2.24) is 0 Å². The molecule has 0 saturated carbocycles. The maximum Gasteiger partial charge on any atom is 0.293 e. The van der Waals surface area contributed by atoms with Crippen LogP contribution < -0.4 is 10.1 Å². The van der Waals surface area contributed by atoms with Gasteiger partial charge in [-0.2, -0.15) is 0 Å². The maximum atomic E-state index is 11.0. The van der Waals surface area contributed by atoms with Crippen molar-refractivity contribution in [2.75, 3.05) is 18.5 Å². The second kappa shape index (κ2) is 7.80. The number of nitrogens with one attached hydrogen (secondary N) is 1. The molecule has 0 fully saturated rings. The molecule has 0 aliphatic rings. The van der Waals surface area contributed by atoms with Gasteiger partial charge >= 0.3 is 0 Å². The lowest BCUT2D eigenvalue weighted by Crippen LogP contribution is -2.26. The van der Waals surface area contributed by atoms with Crippen LogP contribution in [-0.4, -0.2) is 29.3 Å². The van der Waals surface area contributed by atoms with Crippen molar-refractivity contribution in [1.29, 1.82) is 0 Å². The van der Waals surface area contributed by atoms with Gasteiger partial charge in [0.25, 0.3) is 5.69 Å². The van der Waals surface area contributed by atoms with Crippen molar-refractivity contribution in [3.63, 3.8) is 0 Å². The summed E-state index contributed by atoms with van der Waals surface area (Å²) in [7, 11) is 0. The Morgan fingerprint density at radius 3 is 2.83 bits per heavy atom. The fourth-order valence-corrected chi connectivity index (χ4v) is 2.16. The molecule has 2 N–H and O–H groups in total. The van der Waals surface area contributed by atoms with E-state index in [9.17, 15) is 15.2 Å². The van der Waals surface area contributed by atoms with Gasteiger partial charge in [-0.25, -0.2) is 0 Å². The van der Waals surface area contributed by atoms with Crippen LogP contribution in [0.25, 0.3) is 0 Å². The largest absolute Gasteiger partial charge is 0.491 e. The average Bonchev–Trinajstić information content (AvgIpc) is 2.51. The first-order chi connectivity index (χ1) is 11.0. The minimum absolute atomic E-state index is 0.0812. The number of hydrogen-bond donors (Lipinski definition) is 2. The van der Waals surface area contributed by atoms with Crippen LogP contribution in [0, 0.1) is 17.0 Å². The van der Waals surface area contributed by atoms with E-state index in [1.807, 2.05) is 25.1 Å². The van der Waals surface area contributed by atoms with Gasteiger partial charge in [-0.1, -0.05) is 23.7 Å². The van der Waals surface area contributed by atoms with Crippen LogP contribution >= 0.6 is 11.6 Å². The van der Waals surface area contributed by atoms with Gasteiger partial charge in [-0.05, 0) is 36.8 Å². The molecule has 7 heteroatoms. The van der Waals surface area contributed by atoms with Gasteiger partial charge in [0.1, 0.15) is 24.1 Å². The molecule has 0 amide bonds. The van der Waals surface area contributed by atoms with Crippen molar-refractivity contribution in [2.45, 2.75) is 13.0 Å². The van der Waals surface area contributed by atoms with E-state index in [-0.39, 0.29) is 23.9 Å². The minimum atomic E-state index is -0.814. The number of aliphatic hydroxyl groups excluding tert-OH is 1. The lowest BCUT2D eigenvalue weighted by Gasteiger charge is -2.14. The first kappa shape index (κ1) is 17.1. The summed E-state index contributed by atoms with van der Waals surface area (Å²) in [6.07, 6.45) is -0.814. The maximum absolute atomic E-state index is 11.0. The summed E-state index contributed by atoms with van der Waals surface area (Å²) >= 11 is 5.75. The summed E-state index contributed by atoms with van der Waals surface area (Å²) in [5.41, 5.74) is 1.23. The third-order valence-corrected chi connectivity index (χ3v) is 3.35. The van der Waals surface area contributed by atoms with E-state index in [0.29, 0.717) is 11.4 Å². The molecular formula is C16H17ClN2O4. The van der Waals surface area contributed by atoms with Crippen LogP contribution in [0.2, 0.25) is 5.02 Å². The summed E-state index contributed by atoms with van der Waals surface area (Å²) in [6.45, 7) is 2.15. The highest BCUT2D eigenvalue weighted by Crippen LogP contribution is 2.27. The number of ether oxygens (including phenoxy) is 1. The quantitative estimate of drug-likeness (QED) is 0.598. The molecule has 122 valence electrons. The van der Waals surface area contributed by atoms with Crippen LogP contribution in [-0.2, 0) is 0 Å². The minimum Gasteiger partial charge on any atom is -0.491 e. The van der Waals surface area contributed by atoms with Crippen molar-refractivity contribution >= 4 is 23.0 Å². The van der Waals surface area contributed by atoms with Gasteiger partial charge in [0.05, 0.1) is 4.92 Å². The number of anilines is 1. The van der Waals surface area contributed by atoms with Crippen molar-refractivity contribution in [3.8, 4) is 5.75 Å². The zero-order valence-corrected chi connectivity index (χ0v) is 13.3. The molecular weight excluding hydrogens is 320 g/mol. The number of aliphatic hydroxyl groups is 1. The number of rotatable bonds is 7. The van der Waals surface area contributed by atoms with Gasteiger partial charge < -0.3 is 15.2 Å². The van der Waals surface area contributed by atoms with Crippen LogP contribution in [0.15, 0.2) is 42.5 Å². The molecule has 0 aromatic heterocycles. The summed E-state index contributed by atoms with van der Waals surface area (Å²) in [5, 5.41) is 24.0. The number of benzene rings is 2. The molecule has 0 spiro atoms. The predicted octanol–water partition coefficient (Wildman–Crippen LogP) is 3.41. The number of halogens is 1. The Bertz CT molecular complexity index is 694. The number of hydrogen-bond acceptors (Lipinski definition) is 5. The molecule has 0 aliphatic heterocycles. The average molecular weight is 337 g/mol. The molecule has 0 saturated heterocycles. The standard InChI is InChI=1S/C16H17ClN2O4/c1-11-3-2-4-14(7-11)23-10-13(20)9-18-15-6-5-12(17)8-16(15)19(21)22/h2-8,13,18,20H,9-10H2,1H3. The van der Waals surface area contributed by atoms with E-state index in [2.05, 4.69) is 5.32 Å². The van der Waals surface area contributed by atoms with Crippen LogP contribution in [0.4, 0.5) is 11.4 Å². The van der Waals surface area contributed by atoms with Gasteiger partial charge in [0.2, 0.25) is 0 Å². The van der Waals surface area contributed by atoms with E-state index in [1.165, 1.54) is 12.1 Å². The number of aryl methyl sites for hydroxylation is 1. The highest BCUT2D eigenvalue weighted by atomic mass is 35.5. The Labute approximate surface area is 138 Å². The molecule has 1 unspecified atom stereocenters. The predicted molar refractivity (Wildman–Crippen MR) is 89.3 cm³/mol. The molecule has 2 rings (SSSR count). The van der Waals surface area contributed by atoms with Gasteiger partial charge in [-0.3, -0.25) is 10.1 Å². The fraction of sp³-hybridized carbons (Fsp3) is 0.250. The second-order valence-electron chi connectivity index (χ2n) is 5.08. The van der Waals surface area contributed by atoms with Crippen LogP contribution in [0.5, 0.6) is 5.75 Å². The first-order valence-corrected chi connectivity index (χ1v) is 7.39. The third-order valence-electron chi connectivity index (χ3n) is 3.12. The Hall–Kier alpha value is -2.31. The number of nitrogens with zero attached hydrogens (tertiary/aromatic N) is 1. The molecule has 0 heterocycles. The van der Waals surface area contributed by atoms with Crippen LogP contribution in [0.3, 0.4) is 0 Å². The SMILES string of the molecule is Cc1cccc(OCC(O)CNc2ccc(Cl)cc2[N+](=O)[O-])c1. The van der Waals surface area contributed by atoms with E-state index in [1.54, 1.807) is 12.1 Å². The zero-order chi connectivity index (χ0) is 16.8. The highest BCUT2D eigenvalue weighted by molar-refractivity contribution is 6.30. The molecule has 2 aromatic rings. The van der Waals surface area contributed by atoms with Gasteiger partial charge in [0, 0.05) is 17.6 Å². The number of nitro benzene ring substituents is 1. The molecule has 0 bridgehead atoms. The molecule has 2 aromatic carbocycles. The van der Waals surface area contributed by atoms with Crippen molar-refractivity contribution in [2.24, 2.45) is 0 Å². The molecule has 23 heavy (non-hydrogen) atoms. The summed E-state index contributed by atoms with van der Waals surface area (Å²) in [6, 6.07) is 11.8. The summed E-state index contributed by atoms with van der Waals surface area (Å²) < 4.78 is 5.49. The molecule has 1 atom stereocenters. The first-order valence-electron chi connectivity index (χ1n) is 7.01. The Balaban J connectivity index is 1.89. The van der Waals surface area contributed by atoms with Crippen molar-refractivity contribution in [3.05, 3.63) is 63.2 Å². The number of nitro groups is 1. The Morgan fingerprint density at radius 1 is 1.35 bits per heavy atom.